The molecule has 23 heavy (non-hydrogen) atoms. The van der Waals surface area contributed by atoms with Gasteiger partial charge in [0, 0.05) is 18.8 Å². The maximum Gasteiger partial charge on any atom is 0.317 e. The number of hydrogen-bond donors (Lipinski definition) is 2. The standard InChI is InChI=1S/C16H15Br4NO2/c1-15(2,8-6-9(17)13(21)10(18)7-8)16(14(22)23)11(19)4-3-5-12(16)20/h3-7,11H,21H2,1-2H3,(H,22,23). The quantitative estimate of drug-likeness (QED) is 0.358. The van der Waals surface area contributed by atoms with Crippen molar-refractivity contribution in [3.8, 4) is 0 Å². The first-order valence-electron chi connectivity index (χ1n) is 6.73. The van der Waals surface area contributed by atoms with Crippen molar-refractivity contribution in [3.05, 3.63) is 49.4 Å². The van der Waals surface area contributed by atoms with Gasteiger partial charge in [-0.2, -0.15) is 0 Å². The Labute approximate surface area is 168 Å². The van der Waals surface area contributed by atoms with Crippen LogP contribution in [0.25, 0.3) is 0 Å². The Morgan fingerprint density at radius 2 is 1.78 bits per heavy atom. The SMILES string of the molecule is CC(C)(c1cc(Br)c(N)c(Br)c1)C1(C(=O)O)C(Br)=CC=CC1Br. The van der Waals surface area contributed by atoms with Gasteiger partial charge in [-0.15, -0.1) is 0 Å². The molecule has 1 aromatic rings. The van der Waals surface area contributed by atoms with Gasteiger partial charge >= 0.3 is 5.97 Å². The van der Waals surface area contributed by atoms with Crippen molar-refractivity contribution in [2.24, 2.45) is 5.41 Å². The molecular weight excluding hydrogens is 558 g/mol. The summed E-state index contributed by atoms with van der Waals surface area (Å²) < 4.78 is 2.08. The van der Waals surface area contributed by atoms with Gasteiger partial charge in [0.25, 0.3) is 0 Å². The maximum atomic E-state index is 12.4. The second-order valence-corrected chi connectivity index (χ2v) is 9.44. The molecule has 3 nitrogen and oxygen atoms in total. The number of hydrogen-bond acceptors (Lipinski definition) is 2. The lowest BCUT2D eigenvalue weighted by atomic mass is 9.59. The van der Waals surface area contributed by atoms with Crippen LogP contribution in [0.3, 0.4) is 0 Å². The molecular formula is C16H15Br4NO2. The fraction of sp³-hybridized carbons (Fsp3) is 0.312. The normalized spacial score (nSPS) is 24.4. The van der Waals surface area contributed by atoms with Crippen molar-refractivity contribution in [2.75, 3.05) is 5.73 Å². The number of anilines is 1. The van der Waals surface area contributed by atoms with E-state index in [0.717, 1.165) is 14.5 Å². The molecule has 124 valence electrons. The van der Waals surface area contributed by atoms with Gasteiger partial charge in [-0.3, -0.25) is 4.79 Å². The van der Waals surface area contributed by atoms with Crippen molar-refractivity contribution >= 4 is 75.4 Å². The summed E-state index contributed by atoms with van der Waals surface area (Å²) in [5.74, 6) is -0.902. The Bertz CT molecular complexity index is 704. The molecule has 0 saturated carbocycles. The number of carbonyl (C=O) groups is 1. The van der Waals surface area contributed by atoms with Crippen LogP contribution in [-0.2, 0) is 10.2 Å². The number of carboxylic acids is 1. The first-order chi connectivity index (χ1) is 10.6. The van der Waals surface area contributed by atoms with Crippen molar-refractivity contribution in [1.29, 1.82) is 0 Å². The van der Waals surface area contributed by atoms with Crippen LogP contribution in [-0.4, -0.2) is 15.9 Å². The van der Waals surface area contributed by atoms with Crippen LogP contribution in [0.15, 0.2) is 43.8 Å². The predicted molar refractivity (Wildman–Crippen MR) is 108 cm³/mol. The van der Waals surface area contributed by atoms with Crippen molar-refractivity contribution in [3.63, 3.8) is 0 Å². The molecule has 3 N–H and O–H groups in total. The highest BCUT2D eigenvalue weighted by molar-refractivity contribution is 9.12. The highest BCUT2D eigenvalue weighted by Crippen LogP contribution is 2.56. The molecule has 0 aromatic heterocycles. The van der Waals surface area contributed by atoms with Crippen LogP contribution in [0.1, 0.15) is 19.4 Å². The summed E-state index contributed by atoms with van der Waals surface area (Å²) in [5.41, 5.74) is 5.50. The number of benzene rings is 1. The van der Waals surface area contributed by atoms with E-state index in [9.17, 15) is 9.90 Å². The van der Waals surface area contributed by atoms with E-state index >= 15 is 0 Å². The van der Waals surface area contributed by atoms with Gasteiger partial charge in [0.15, 0.2) is 0 Å². The fourth-order valence-corrected chi connectivity index (χ4v) is 6.70. The molecule has 0 amide bonds. The second kappa shape index (κ2) is 6.65. The zero-order valence-corrected chi connectivity index (χ0v) is 18.8. The Morgan fingerprint density at radius 3 is 2.22 bits per heavy atom. The van der Waals surface area contributed by atoms with Gasteiger partial charge in [-0.25, -0.2) is 0 Å². The minimum Gasteiger partial charge on any atom is -0.480 e. The summed E-state index contributed by atoms with van der Waals surface area (Å²) in [6, 6.07) is 3.76. The van der Waals surface area contributed by atoms with E-state index < -0.39 is 16.8 Å². The largest absolute Gasteiger partial charge is 0.480 e. The zero-order chi connectivity index (χ0) is 17.6. The van der Waals surface area contributed by atoms with Crippen molar-refractivity contribution in [1.82, 2.24) is 0 Å². The molecule has 0 fully saturated rings. The monoisotopic (exact) mass is 569 g/mol. The molecule has 0 radical (unpaired) electrons. The molecule has 0 heterocycles. The summed E-state index contributed by atoms with van der Waals surface area (Å²) in [5, 5.41) is 10.1. The third kappa shape index (κ3) is 2.87. The lowest BCUT2D eigenvalue weighted by Gasteiger charge is -2.47. The molecule has 1 aromatic carbocycles. The van der Waals surface area contributed by atoms with Crippen LogP contribution in [0, 0.1) is 5.41 Å². The zero-order valence-electron chi connectivity index (χ0n) is 12.4. The molecule has 1 aliphatic rings. The molecule has 0 bridgehead atoms. The van der Waals surface area contributed by atoms with Crippen molar-refractivity contribution < 1.29 is 9.90 Å². The molecule has 2 unspecified atom stereocenters. The van der Waals surface area contributed by atoms with E-state index in [2.05, 4.69) is 63.7 Å². The Kier molecular flexibility index (Phi) is 5.56. The highest BCUT2D eigenvalue weighted by atomic mass is 79.9. The summed E-state index contributed by atoms with van der Waals surface area (Å²) in [7, 11) is 0. The van der Waals surface area contributed by atoms with Crippen LogP contribution < -0.4 is 5.73 Å². The number of nitrogen functional groups attached to an aromatic ring is 1. The molecule has 2 atom stereocenters. The molecule has 0 spiro atoms. The average Bonchev–Trinajstić information content (AvgIpc) is 2.43. The maximum absolute atomic E-state index is 12.4. The summed E-state index contributed by atoms with van der Waals surface area (Å²) in [4.78, 5) is 12.0. The predicted octanol–water partition coefficient (Wildman–Crippen LogP) is 5.75. The highest BCUT2D eigenvalue weighted by Gasteiger charge is 2.58. The van der Waals surface area contributed by atoms with E-state index in [-0.39, 0.29) is 4.83 Å². The number of alkyl halides is 1. The number of halogens is 4. The number of nitrogens with two attached hydrogens (primary N) is 1. The third-order valence-corrected chi connectivity index (χ3v) is 7.63. The van der Waals surface area contributed by atoms with E-state index in [4.69, 9.17) is 5.73 Å². The molecule has 7 heteroatoms. The Balaban J connectivity index is 2.75. The van der Waals surface area contributed by atoms with Gasteiger partial charge in [0.1, 0.15) is 5.41 Å². The number of carboxylic acid groups (broad SMARTS) is 1. The molecule has 1 aliphatic carbocycles. The Morgan fingerprint density at radius 1 is 1.26 bits per heavy atom. The van der Waals surface area contributed by atoms with Crippen molar-refractivity contribution in [2.45, 2.75) is 24.1 Å². The smallest absolute Gasteiger partial charge is 0.317 e. The van der Waals surface area contributed by atoms with Gasteiger partial charge in [0.2, 0.25) is 0 Å². The lowest BCUT2D eigenvalue weighted by Crippen LogP contribution is -2.53. The third-order valence-electron chi connectivity index (χ3n) is 4.44. The molecule has 0 saturated heterocycles. The average molecular weight is 573 g/mol. The van der Waals surface area contributed by atoms with E-state index in [1.165, 1.54) is 0 Å². The number of allylic oxidation sites excluding steroid dienone is 3. The minimum atomic E-state index is -1.18. The van der Waals surface area contributed by atoms with E-state index in [1.54, 1.807) is 6.08 Å². The summed E-state index contributed by atoms with van der Waals surface area (Å²) in [6.45, 7) is 3.85. The Hall–Kier alpha value is -0.110. The summed E-state index contributed by atoms with van der Waals surface area (Å²) >= 11 is 13.9. The first-order valence-corrected chi connectivity index (χ1v) is 10.0. The first kappa shape index (κ1) is 19.2. The van der Waals surface area contributed by atoms with E-state index in [1.807, 2.05) is 38.1 Å². The van der Waals surface area contributed by atoms with Gasteiger partial charge < -0.3 is 10.8 Å². The fourth-order valence-electron chi connectivity index (χ4n) is 2.95. The van der Waals surface area contributed by atoms with Crippen LogP contribution >= 0.6 is 63.7 Å². The minimum absolute atomic E-state index is 0.364. The topological polar surface area (TPSA) is 63.3 Å². The summed E-state index contributed by atoms with van der Waals surface area (Å²) in [6.07, 6.45) is 5.48. The van der Waals surface area contributed by atoms with Gasteiger partial charge in [-0.05, 0) is 49.6 Å². The molecule has 0 aliphatic heterocycles. The van der Waals surface area contributed by atoms with Crippen LogP contribution in [0.5, 0.6) is 0 Å². The van der Waals surface area contributed by atoms with Crippen LogP contribution in [0.2, 0.25) is 0 Å². The van der Waals surface area contributed by atoms with Crippen LogP contribution in [0.4, 0.5) is 5.69 Å². The second-order valence-electron chi connectivity index (χ2n) is 5.89. The number of rotatable bonds is 3. The molecule has 2 rings (SSSR count). The van der Waals surface area contributed by atoms with Gasteiger partial charge in [-0.1, -0.05) is 63.9 Å². The van der Waals surface area contributed by atoms with E-state index in [0.29, 0.717) is 10.2 Å². The lowest BCUT2D eigenvalue weighted by molar-refractivity contribution is -0.149. The number of aliphatic carboxylic acids is 1. The van der Waals surface area contributed by atoms with Gasteiger partial charge in [0.05, 0.1) is 10.5 Å².